The SMILES string of the molecule is O=C(O[S])c1ccccc1. The van der Waals surface area contributed by atoms with Crippen molar-refractivity contribution in [2.45, 2.75) is 0 Å². The van der Waals surface area contributed by atoms with Crippen LogP contribution < -0.4 is 0 Å². The Bertz CT molecular complexity index is 220. The van der Waals surface area contributed by atoms with Gasteiger partial charge in [0.2, 0.25) is 0 Å². The minimum atomic E-state index is -0.476. The van der Waals surface area contributed by atoms with Crippen molar-refractivity contribution in [3.05, 3.63) is 35.9 Å². The van der Waals surface area contributed by atoms with E-state index in [9.17, 15) is 4.79 Å². The van der Waals surface area contributed by atoms with Crippen molar-refractivity contribution in [3.8, 4) is 0 Å². The molecule has 0 atom stereocenters. The monoisotopic (exact) mass is 153 g/mol. The summed E-state index contributed by atoms with van der Waals surface area (Å²) >= 11 is 4.11. The van der Waals surface area contributed by atoms with Gasteiger partial charge in [0.25, 0.3) is 0 Å². The first-order valence-electron chi connectivity index (χ1n) is 2.74. The Morgan fingerprint density at radius 1 is 1.30 bits per heavy atom. The quantitative estimate of drug-likeness (QED) is 0.616. The summed E-state index contributed by atoms with van der Waals surface area (Å²) in [5, 5.41) is 0. The van der Waals surface area contributed by atoms with Crippen molar-refractivity contribution in [2.24, 2.45) is 0 Å². The molecule has 0 saturated heterocycles. The first-order chi connectivity index (χ1) is 4.84. The number of hydrogen-bond donors (Lipinski definition) is 0. The molecule has 10 heavy (non-hydrogen) atoms. The third kappa shape index (κ3) is 1.51. The second-order valence-electron chi connectivity index (χ2n) is 1.74. The fourth-order valence-corrected chi connectivity index (χ4v) is 0.719. The van der Waals surface area contributed by atoms with Crippen LogP contribution in [0.2, 0.25) is 0 Å². The highest BCUT2D eigenvalue weighted by Gasteiger charge is 2.02. The predicted octanol–water partition coefficient (Wildman–Crippen LogP) is 1.96. The molecule has 0 aromatic heterocycles. The zero-order valence-electron chi connectivity index (χ0n) is 5.11. The Morgan fingerprint density at radius 2 is 1.90 bits per heavy atom. The molecule has 0 bridgehead atoms. The summed E-state index contributed by atoms with van der Waals surface area (Å²) in [7, 11) is 0. The van der Waals surface area contributed by atoms with Crippen LogP contribution in [-0.2, 0) is 4.18 Å². The Hall–Kier alpha value is -0.960. The molecule has 0 N–H and O–H groups in total. The van der Waals surface area contributed by atoms with E-state index in [1.807, 2.05) is 6.07 Å². The average Bonchev–Trinajstić information content (AvgIpc) is 2.05. The van der Waals surface area contributed by atoms with Gasteiger partial charge in [-0.05, 0) is 12.1 Å². The summed E-state index contributed by atoms with van der Waals surface area (Å²) in [6.45, 7) is 0. The Kier molecular flexibility index (Phi) is 2.34. The maximum absolute atomic E-state index is 10.7. The van der Waals surface area contributed by atoms with Gasteiger partial charge in [-0.3, -0.25) is 0 Å². The number of hydrogen-bond acceptors (Lipinski definition) is 2. The summed E-state index contributed by atoms with van der Waals surface area (Å²) in [6, 6.07) is 8.62. The van der Waals surface area contributed by atoms with Crippen molar-refractivity contribution < 1.29 is 8.98 Å². The maximum atomic E-state index is 10.7. The second kappa shape index (κ2) is 3.27. The van der Waals surface area contributed by atoms with E-state index < -0.39 is 5.97 Å². The third-order valence-corrected chi connectivity index (χ3v) is 1.24. The van der Waals surface area contributed by atoms with Crippen molar-refractivity contribution in [3.63, 3.8) is 0 Å². The number of benzene rings is 1. The van der Waals surface area contributed by atoms with Crippen LogP contribution in [0.3, 0.4) is 0 Å². The first kappa shape index (κ1) is 7.15. The van der Waals surface area contributed by atoms with Gasteiger partial charge in [0, 0.05) is 0 Å². The van der Waals surface area contributed by atoms with Crippen LogP contribution in [0.25, 0.3) is 0 Å². The van der Waals surface area contributed by atoms with E-state index in [1.54, 1.807) is 24.3 Å². The molecule has 0 aliphatic carbocycles. The molecule has 51 valence electrons. The van der Waals surface area contributed by atoms with E-state index >= 15 is 0 Å². The molecule has 0 aliphatic heterocycles. The van der Waals surface area contributed by atoms with Gasteiger partial charge < -0.3 is 4.18 Å². The summed E-state index contributed by atoms with van der Waals surface area (Å²) in [6.07, 6.45) is 0. The lowest BCUT2D eigenvalue weighted by molar-refractivity contribution is 0.0772. The molecule has 0 aliphatic rings. The van der Waals surface area contributed by atoms with E-state index in [0.717, 1.165) is 0 Å². The highest BCUT2D eigenvalue weighted by Crippen LogP contribution is 2.01. The molecular weight excluding hydrogens is 148 g/mol. The molecule has 0 spiro atoms. The third-order valence-electron chi connectivity index (χ3n) is 1.09. The molecule has 0 heterocycles. The normalized spacial score (nSPS) is 8.90. The van der Waals surface area contributed by atoms with E-state index in [0.29, 0.717) is 5.56 Å². The molecule has 1 aromatic carbocycles. The van der Waals surface area contributed by atoms with Gasteiger partial charge in [-0.15, -0.1) is 0 Å². The van der Waals surface area contributed by atoms with Gasteiger partial charge in [0.15, 0.2) is 12.9 Å². The Morgan fingerprint density at radius 3 is 2.40 bits per heavy atom. The molecule has 0 fully saturated rings. The predicted molar refractivity (Wildman–Crippen MR) is 39.4 cm³/mol. The standard InChI is InChI=1S/C7H5O2S/c8-7(9-10)6-4-2-1-3-5-6/h1-5H. The largest absolute Gasteiger partial charge is 0.372 e. The Labute approximate surface area is 64.4 Å². The maximum Gasteiger partial charge on any atom is 0.351 e. The zero-order valence-corrected chi connectivity index (χ0v) is 5.93. The fraction of sp³-hybridized carbons (Fsp3) is 0. The lowest BCUT2D eigenvalue weighted by Gasteiger charge is -1.92. The van der Waals surface area contributed by atoms with E-state index in [2.05, 4.69) is 17.1 Å². The van der Waals surface area contributed by atoms with Gasteiger partial charge in [-0.2, -0.15) is 0 Å². The molecule has 3 heteroatoms. The molecule has 0 amide bonds. The van der Waals surface area contributed by atoms with Crippen molar-refractivity contribution in [1.82, 2.24) is 0 Å². The summed E-state index contributed by atoms with van der Waals surface area (Å²) in [5.41, 5.74) is 0.484. The van der Waals surface area contributed by atoms with Gasteiger partial charge in [0.1, 0.15) is 0 Å². The smallest absolute Gasteiger partial charge is 0.351 e. The molecule has 0 saturated carbocycles. The fourth-order valence-electron chi connectivity index (χ4n) is 0.622. The zero-order chi connectivity index (χ0) is 7.40. The molecule has 2 nitrogen and oxygen atoms in total. The van der Waals surface area contributed by atoms with E-state index in [1.165, 1.54) is 0 Å². The topological polar surface area (TPSA) is 26.3 Å². The molecule has 1 aromatic rings. The lowest BCUT2D eigenvalue weighted by atomic mass is 10.2. The summed E-state index contributed by atoms with van der Waals surface area (Å²) in [4.78, 5) is 10.7. The van der Waals surface area contributed by atoms with Crippen LogP contribution in [0.4, 0.5) is 0 Å². The van der Waals surface area contributed by atoms with Crippen molar-refractivity contribution >= 4 is 18.9 Å². The highest BCUT2D eigenvalue weighted by molar-refractivity contribution is 7.75. The molecule has 1 radical (unpaired) electrons. The van der Waals surface area contributed by atoms with Crippen molar-refractivity contribution in [1.29, 1.82) is 0 Å². The lowest BCUT2D eigenvalue weighted by Crippen LogP contribution is -1.96. The van der Waals surface area contributed by atoms with Crippen LogP contribution in [-0.4, -0.2) is 5.97 Å². The van der Waals surface area contributed by atoms with Crippen LogP contribution >= 0.6 is 12.9 Å². The summed E-state index contributed by atoms with van der Waals surface area (Å²) in [5.74, 6) is -0.476. The minimum Gasteiger partial charge on any atom is -0.372 e. The minimum absolute atomic E-state index is 0.476. The van der Waals surface area contributed by atoms with Crippen LogP contribution in [0, 0.1) is 0 Å². The number of carbonyl (C=O) groups excluding carboxylic acids is 1. The van der Waals surface area contributed by atoms with Crippen LogP contribution in [0.5, 0.6) is 0 Å². The summed E-state index contributed by atoms with van der Waals surface area (Å²) < 4.78 is 4.08. The van der Waals surface area contributed by atoms with Crippen LogP contribution in [0.15, 0.2) is 30.3 Å². The molecule has 1 rings (SSSR count). The van der Waals surface area contributed by atoms with Gasteiger partial charge in [-0.1, -0.05) is 18.2 Å². The van der Waals surface area contributed by atoms with E-state index in [4.69, 9.17) is 0 Å². The van der Waals surface area contributed by atoms with Crippen molar-refractivity contribution in [2.75, 3.05) is 0 Å². The van der Waals surface area contributed by atoms with Gasteiger partial charge >= 0.3 is 5.97 Å². The van der Waals surface area contributed by atoms with E-state index in [-0.39, 0.29) is 0 Å². The van der Waals surface area contributed by atoms with Gasteiger partial charge in [-0.25, -0.2) is 4.79 Å². The molecule has 0 unspecified atom stereocenters. The first-order valence-corrected chi connectivity index (χ1v) is 3.07. The van der Waals surface area contributed by atoms with Crippen LogP contribution in [0.1, 0.15) is 10.4 Å². The average molecular weight is 153 g/mol. The Balaban J connectivity index is 2.85. The second-order valence-corrected chi connectivity index (χ2v) is 1.90. The number of carbonyl (C=O) groups is 1. The van der Waals surface area contributed by atoms with Gasteiger partial charge in [0.05, 0.1) is 5.56 Å². The number of rotatable bonds is 1. The molecular formula is C7H5O2S. The highest BCUT2D eigenvalue weighted by atomic mass is 32.1.